The van der Waals surface area contributed by atoms with Crippen molar-refractivity contribution in [1.82, 2.24) is 20.6 Å². The Kier molecular flexibility index (Phi) is 5.53. The number of carbonyl (C=O) groups excluding carboxylic acids is 2. The summed E-state index contributed by atoms with van der Waals surface area (Å²) in [5.41, 5.74) is 3.13. The van der Waals surface area contributed by atoms with Crippen LogP contribution >= 0.6 is 0 Å². The third-order valence-corrected chi connectivity index (χ3v) is 4.90. The summed E-state index contributed by atoms with van der Waals surface area (Å²) in [7, 11) is 0. The van der Waals surface area contributed by atoms with Crippen LogP contribution in [0.1, 0.15) is 18.4 Å². The molecule has 0 atom stereocenters. The molecule has 0 bridgehead atoms. The summed E-state index contributed by atoms with van der Waals surface area (Å²) in [4.78, 5) is 31.1. The number of fused-ring (bicyclic) bond motifs is 1. The van der Waals surface area contributed by atoms with E-state index in [2.05, 4.69) is 20.6 Å². The minimum atomic E-state index is -4.45. The van der Waals surface area contributed by atoms with Crippen LogP contribution in [0.25, 0.3) is 22.2 Å². The van der Waals surface area contributed by atoms with E-state index in [1.807, 2.05) is 24.3 Å². The van der Waals surface area contributed by atoms with Crippen molar-refractivity contribution < 1.29 is 22.8 Å². The molecule has 1 aliphatic carbocycles. The third kappa shape index (κ3) is 5.33. The van der Waals surface area contributed by atoms with Gasteiger partial charge in [0.25, 0.3) is 0 Å². The Labute approximate surface area is 175 Å². The third-order valence-electron chi connectivity index (χ3n) is 4.90. The lowest BCUT2D eigenvalue weighted by Crippen LogP contribution is -2.40. The maximum absolute atomic E-state index is 12.1. The zero-order valence-electron chi connectivity index (χ0n) is 16.3. The second kappa shape index (κ2) is 8.29. The van der Waals surface area contributed by atoms with Gasteiger partial charge in [0.15, 0.2) is 0 Å². The first-order valence-electron chi connectivity index (χ1n) is 9.75. The number of aromatic nitrogens is 2. The summed E-state index contributed by atoms with van der Waals surface area (Å²) in [6.07, 6.45) is -0.893. The maximum atomic E-state index is 12.1. The number of urea groups is 1. The zero-order chi connectivity index (χ0) is 22.0. The van der Waals surface area contributed by atoms with E-state index in [0.29, 0.717) is 11.5 Å². The zero-order valence-corrected chi connectivity index (χ0v) is 16.3. The molecule has 10 heteroatoms. The molecule has 3 amide bonds. The maximum Gasteiger partial charge on any atom is 0.405 e. The fourth-order valence-corrected chi connectivity index (χ4v) is 3.14. The molecule has 0 radical (unpaired) electrons. The molecule has 2 aromatic heterocycles. The predicted molar refractivity (Wildman–Crippen MR) is 109 cm³/mol. The van der Waals surface area contributed by atoms with Crippen LogP contribution in [0.15, 0.2) is 42.6 Å². The average molecular weight is 431 g/mol. The standard InChI is InChI=1S/C21H20F3N5O2/c22-21(23,24)11-27-20(31)26-10-12-1-3-13(4-2-12)16-9-17(29-19(30)14-5-6-14)28-18-15(16)7-8-25-18/h1-4,7-9,14H,5-6,10-11H2,(H2,26,27,31)(H2,25,28,29,30). The highest BCUT2D eigenvalue weighted by Crippen LogP contribution is 2.33. The van der Waals surface area contributed by atoms with Crippen molar-refractivity contribution in [3.63, 3.8) is 0 Å². The molecule has 4 N–H and O–H groups in total. The van der Waals surface area contributed by atoms with Gasteiger partial charge in [-0.25, -0.2) is 9.78 Å². The molecule has 1 aliphatic rings. The Morgan fingerprint density at radius 1 is 1.10 bits per heavy atom. The van der Waals surface area contributed by atoms with Crippen molar-refractivity contribution >= 4 is 28.8 Å². The van der Waals surface area contributed by atoms with Gasteiger partial charge in [-0.1, -0.05) is 24.3 Å². The lowest BCUT2D eigenvalue weighted by molar-refractivity contribution is -0.122. The SMILES string of the molecule is O=C(NCc1ccc(-c2cc(NC(=O)C3CC3)nc3[nH]ccc23)cc1)NCC(F)(F)F. The number of benzene rings is 1. The number of nitrogens with zero attached hydrogens (tertiary/aromatic N) is 1. The summed E-state index contributed by atoms with van der Waals surface area (Å²) in [6, 6.07) is 10.1. The molecule has 7 nitrogen and oxygen atoms in total. The summed E-state index contributed by atoms with van der Waals surface area (Å²) in [5, 5.41) is 7.90. The number of pyridine rings is 1. The molecule has 3 aromatic rings. The van der Waals surface area contributed by atoms with Gasteiger partial charge in [0.2, 0.25) is 5.91 Å². The first-order valence-corrected chi connectivity index (χ1v) is 9.75. The molecule has 4 rings (SSSR count). The Morgan fingerprint density at radius 3 is 2.52 bits per heavy atom. The number of halogens is 3. The van der Waals surface area contributed by atoms with Crippen LogP contribution in [0, 0.1) is 5.92 Å². The highest BCUT2D eigenvalue weighted by atomic mass is 19.4. The van der Waals surface area contributed by atoms with E-state index in [1.165, 1.54) is 0 Å². The molecule has 0 unspecified atom stereocenters. The Balaban J connectivity index is 1.46. The number of aromatic amines is 1. The average Bonchev–Trinajstić information content (AvgIpc) is 3.48. The van der Waals surface area contributed by atoms with Crippen LogP contribution in [0.2, 0.25) is 0 Å². The Hall–Kier alpha value is -3.56. The highest BCUT2D eigenvalue weighted by Gasteiger charge is 2.30. The number of amides is 3. The van der Waals surface area contributed by atoms with Crippen LogP contribution < -0.4 is 16.0 Å². The van der Waals surface area contributed by atoms with Crippen LogP contribution in [0.5, 0.6) is 0 Å². The molecule has 0 spiro atoms. The fourth-order valence-electron chi connectivity index (χ4n) is 3.14. The van der Waals surface area contributed by atoms with Gasteiger partial charge in [-0.15, -0.1) is 0 Å². The number of hydrogen-bond donors (Lipinski definition) is 4. The molecular formula is C21H20F3N5O2. The summed E-state index contributed by atoms with van der Waals surface area (Å²) in [5.74, 6) is 0.494. The van der Waals surface area contributed by atoms with Crippen molar-refractivity contribution in [1.29, 1.82) is 0 Å². The Morgan fingerprint density at radius 2 is 1.84 bits per heavy atom. The molecule has 1 fully saturated rings. The predicted octanol–water partition coefficient (Wildman–Crippen LogP) is 3.94. The molecule has 31 heavy (non-hydrogen) atoms. The normalized spacial score (nSPS) is 13.8. The molecule has 2 heterocycles. The summed E-state index contributed by atoms with van der Waals surface area (Å²) < 4.78 is 36.4. The first kappa shape index (κ1) is 20.7. The van der Waals surface area contributed by atoms with Crippen molar-refractivity contribution in [2.24, 2.45) is 5.92 Å². The van der Waals surface area contributed by atoms with Gasteiger partial charge in [0.05, 0.1) is 0 Å². The van der Waals surface area contributed by atoms with Gasteiger partial charge in [0.1, 0.15) is 18.0 Å². The second-order valence-electron chi connectivity index (χ2n) is 7.41. The quantitative estimate of drug-likeness (QED) is 0.476. The number of rotatable bonds is 6. The van der Waals surface area contributed by atoms with Crippen LogP contribution in [0.4, 0.5) is 23.8 Å². The number of carbonyl (C=O) groups is 2. The van der Waals surface area contributed by atoms with Crippen molar-refractivity contribution in [2.75, 3.05) is 11.9 Å². The van der Waals surface area contributed by atoms with Crippen molar-refractivity contribution in [2.45, 2.75) is 25.6 Å². The fraction of sp³-hybridized carbons (Fsp3) is 0.286. The smallest absolute Gasteiger partial charge is 0.346 e. The van der Waals surface area contributed by atoms with E-state index in [9.17, 15) is 22.8 Å². The van der Waals surface area contributed by atoms with E-state index in [-0.39, 0.29) is 18.4 Å². The lowest BCUT2D eigenvalue weighted by Gasteiger charge is -2.11. The topological polar surface area (TPSA) is 98.9 Å². The van der Waals surface area contributed by atoms with Gasteiger partial charge in [0, 0.05) is 24.0 Å². The number of alkyl halides is 3. The van der Waals surface area contributed by atoms with Crippen LogP contribution in [0.3, 0.4) is 0 Å². The second-order valence-corrected chi connectivity index (χ2v) is 7.41. The minimum absolute atomic E-state index is 0.0328. The number of nitrogens with one attached hydrogen (secondary N) is 4. The number of H-pyrrole nitrogens is 1. The number of anilines is 1. The van der Waals surface area contributed by atoms with E-state index >= 15 is 0 Å². The van der Waals surface area contributed by atoms with Gasteiger partial charge in [-0.3, -0.25) is 4.79 Å². The van der Waals surface area contributed by atoms with E-state index in [1.54, 1.807) is 23.6 Å². The van der Waals surface area contributed by atoms with E-state index in [0.717, 1.165) is 34.9 Å². The highest BCUT2D eigenvalue weighted by molar-refractivity contribution is 5.98. The molecule has 162 valence electrons. The first-order chi connectivity index (χ1) is 14.8. The minimum Gasteiger partial charge on any atom is -0.346 e. The van der Waals surface area contributed by atoms with Gasteiger partial charge < -0.3 is 20.9 Å². The van der Waals surface area contributed by atoms with E-state index < -0.39 is 18.8 Å². The van der Waals surface area contributed by atoms with E-state index in [4.69, 9.17) is 0 Å². The largest absolute Gasteiger partial charge is 0.405 e. The summed E-state index contributed by atoms with van der Waals surface area (Å²) >= 11 is 0. The molecular weight excluding hydrogens is 411 g/mol. The number of hydrogen-bond acceptors (Lipinski definition) is 3. The van der Waals surface area contributed by atoms with Crippen molar-refractivity contribution in [3.8, 4) is 11.1 Å². The Bertz CT molecular complexity index is 1100. The van der Waals surface area contributed by atoms with Gasteiger partial charge in [-0.2, -0.15) is 13.2 Å². The van der Waals surface area contributed by atoms with Crippen LogP contribution in [-0.4, -0.2) is 34.6 Å². The monoisotopic (exact) mass is 431 g/mol. The molecule has 0 saturated heterocycles. The molecule has 1 saturated carbocycles. The van der Waals surface area contributed by atoms with Crippen molar-refractivity contribution in [3.05, 3.63) is 48.2 Å². The van der Waals surface area contributed by atoms with Gasteiger partial charge >= 0.3 is 12.2 Å². The molecule has 1 aromatic carbocycles. The van der Waals surface area contributed by atoms with Crippen LogP contribution in [-0.2, 0) is 11.3 Å². The summed E-state index contributed by atoms with van der Waals surface area (Å²) in [6.45, 7) is -1.30. The van der Waals surface area contributed by atoms with Gasteiger partial charge in [-0.05, 0) is 41.7 Å². The lowest BCUT2D eigenvalue weighted by atomic mass is 10.0. The molecule has 0 aliphatic heterocycles.